The summed E-state index contributed by atoms with van der Waals surface area (Å²) in [7, 11) is -3.86. The van der Waals surface area contributed by atoms with Gasteiger partial charge in [0.2, 0.25) is 5.43 Å². The van der Waals surface area contributed by atoms with Crippen LogP contribution in [-0.4, -0.2) is 47.7 Å². The molecular formula is C30H27FN4O5S. The number of hydrogen-bond donors (Lipinski definition) is 2. The average Bonchev–Trinajstić information content (AvgIpc) is 3.38. The summed E-state index contributed by atoms with van der Waals surface area (Å²) in [6.07, 6.45) is 2.92. The number of pyridine rings is 1. The Balaban J connectivity index is 1.42. The molecule has 1 fully saturated rings. The fourth-order valence-corrected chi connectivity index (χ4v) is 6.99. The van der Waals surface area contributed by atoms with Crippen LogP contribution in [0.15, 0.2) is 88.8 Å². The van der Waals surface area contributed by atoms with Gasteiger partial charge in [0, 0.05) is 49.3 Å². The van der Waals surface area contributed by atoms with E-state index < -0.39 is 32.8 Å². The van der Waals surface area contributed by atoms with Gasteiger partial charge >= 0.3 is 5.97 Å². The Morgan fingerprint density at radius 1 is 1.02 bits per heavy atom. The number of nitrogens with zero attached hydrogens (tertiary/aromatic N) is 3. The third kappa shape index (κ3) is 4.47. The van der Waals surface area contributed by atoms with Crippen molar-refractivity contribution in [2.24, 2.45) is 0 Å². The van der Waals surface area contributed by atoms with Crippen molar-refractivity contribution in [3.05, 3.63) is 106 Å². The van der Waals surface area contributed by atoms with Gasteiger partial charge in [-0.15, -0.1) is 0 Å². The molecule has 5 aromatic rings. The molecule has 9 nitrogen and oxygen atoms in total. The van der Waals surface area contributed by atoms with Crippen molar-refractivity contribution in [2.45, 2.75) is 24.4 Å². The van der Waals surface area contributed by atoms with Gasteiger partial charge in [0.15, 0.2) is 0 Å². The van der Waals surface area contributed by atoms with E-state index in [4.69, 9.17) is 0 Å². The number of piperazine rings is 1. The van der Waals surface area contributed by atoms with Crippen LogP contribution >= 0.6 is 0 Å². The Hall–Kier alpha value is -4.48. The quantitative estimate of drug-likeness (QED) is 0.313. The number of aromatic nitrogens is 2. The number of benzene rings is 3. The van der Waals surface area contributed by atoms with Crippen molar-refractivity contribution in [3.8, 4) is 0 Å². The van der Waals surface area contributed by atoms with Crippen LogP contribution in [0.2, 0.25) is 0 Å². The monoisotopic (exact) mass is 574 g/mol. The van der Waals surface area contributed by atoms with Gasteiger partial charge in [-0.2, -0.15) is 0 Å². The highest BCUT2D eigenvalue weighted by atomic mass is 32.2. The van der Waals surface area contributed by atoms with Gasteiger partial charge in [0.1, 0.15) is 11.4 Å². The number of fused-ring (bicyclic) bond motifs is 2. The van der Waals surface area contributed by atoms with Crippen LogP contribution in [-0.2, 0) is 16.6 Å². The number of carbonyl (C=O) groups is 1. The number of carboxylic acids is 1. The number of aryl methyl sites for hydroxylation is 1. The molecule has 3 aromatic carbocycles. The summed E-state index contributed by atoms with van der Waals surface area (Å²) in [4.78, 5) is 26.4. The maximum atomic E-state index is 15.5. The molecule has 41 heavy (non-hydrogen) atoms. The van der Waals surface area contributed by atoms with Crippen LogP contribution in [0, 0.1) is 5.82 Å². The molecule has 6 rings (SSSR count). The lowest BCUT2D eigenvalue weighted by molar-refractivity contribution is 0.0694. The van der Waals surface area contributed by atoms with E-state index in [2.05, 4.69) is 5.32 Å². The summed E-state index contributed by atoms with van der Waals surface area (Å²) in [5.41, 5.74) is 0.906. The van der Waals surface area contributed by atoms with Crippen molar-refractivity contribution < 1.29 is 22.7 Å². The molecule has 3 heterocycles. The second-order valence-corrected chi connectivity index (χ2v) is 11.8. The summed E-state index contributed by atoms with van der Waals surface area (Å²) in [6.45, 7) is 3.53. The van der Waals surface area contributed by atoms with Crippen LogP contribution in [0.5, 0.6) is 0 Å². The van der Waals surface area contributed by atoms with Gasteiger partial charge in [-0.3, -0.25) is 4.79 Å². The minimum Gasteiger partial charge on any atom is -0.477 e. The number of rotatable bonds is 6. The fraction of sp³-hybridized carbons (Fsp3) is 0.200. The van der Waals surface area contributed by atoms with E-state index in [9.17, 15) is 23.1 Å². The summed E-state index contributed by atoms with van der Waals surface area (Å²) in [5, 5.41) is 13.7. The minimum absolute atomic E-state index is 0.00822. The maximum absolute atomic E-state index is 15.5. The minimum atomic E-state index is -3.86. The summed E-state index contributed by atoms with van der Waals surface area (Å²) in [5.74, 6) is -1.99. The van der Waals surface area contributed by atoms with E-state index in [1.54, 1.807) is 59.3 Å². The molecule has 1 saturated heterocycles. The first-order valence-electron chi connectivity index (χ1n) is 13.2. The summed E-state index contributed by atoms with van der Waals surface area (Å²) in [6, 6.07) is 17.9. The third-order valence-electron chi connectivity index (χ3n) is 7.62. The second-order valence-electron chi connectivity index (χ2n) is 9.95. The molecule has 1 aliphatic rings. The highest BCUT2D eigenvalue weighted by molar-refractivity contribution is 7.90. The van der Waals surface area contributed by atoms with E-state index in [0.717, 1.165) is 17.0 Å². The molecule has 11 heteroatoms. The van der Waals surface area contributed by atoms with E-state index in [-0.39, 0.29) is 22.0 Å². The Morgan fingerprint density at radius 2 is 1.76 bits per heavy atom. The number of anilines is 1. The Kier molecular flexibility index (Phi) is 6.63. The molecule has 2 N–H and O–H groups in total. The zero-order chi connectivity index (χ0) is 28.9. The van der Waals surface area contributed by atoms with Crippen molar-refractivity contribution >= 4 is 43.5 Å². The van der Waals surface area contributed by atoms with E-state index in [0.29, 0.717) is 37.2 Å². The molecule has 0 saturated carbocycles. The number of nitrogens with one attached hydrogen (secondary N) is 1. The van der Waals surface area contributed by atoms with Crippen LogP contribution in [0.1, 0.15) is 28.9 Å². The van der Waals surface area contributed by atoms with Crippen LogP contribution < -0.4 is 15.6 Å². The first-order chi connectivity index (χ1) is 19.7. The predicted molar refractivity (Wildman–Crippen MR) is 155 cm³/mol. The fourth-order valence-electron chi connectivity index (χ4n) is 5.59. The van der Waals surface area contributed by atoms with E-state index in [1.807, 2.05) is 24.0 Å². The number of para-hydroxylation sites is 1. The lowest BCUT2D eigenvalue weighted by Crippen LogP contribution is -2.46. The first-order valence-corrected chi connectivity index (χ1v) is 14.6. The average molecular weight is 575 g/mol. The number of carboxylic acid groups (broad SMARTS) is 1. The molecule has 0 radical (unpaired) electrons. The van der Waals surface area contributed by atoms with Gasteiger partial charge in [-0.25, -0.2) is 21.6 Å². The first kappa shape index (κ1) is 26.7. The number of halogens is 1. The van der Waals surface area contributed by atoms with Gasteiger partial charge < -0.3 is 19.9 Å². The molecule has 0 bridgehead atoms. The topological polar surface area (TPSA) is 114 Å². The van der Waals surface area contributed by atoms with Gasteiger partial charge in [-0.05, 0) is 42.8 Å². The van der Waals surface area contributed by atoms with E-state index >= 15 is 4.39 Å². The smallest absolute Gasteiger partial charge is 0.341 e. The number of hydrogen-bond acceptors (Lipinski definition) is 6. The molecule has 1 unspecified atom stereocenters. The lowest BCUT2D eigenvalue weighted by atomic mass is 10.0. The van der Waals surface area contributed by atoms with Gasteiger partial charge in [0.25, 0.3) is 10.0 Å². The molecule has 1 aliphatic heterocycles. The molecule has 210 valence electrons. The molecule has 0 amide bonds. The van der Waals surface area contributed by atoms with Gasteiger partial charge in [0.05, 0.1) is 27.7 Å². The van der Waals surface area contributed by atoms with Crippen molar-refractivity contribution in [2.75, 3.05) is 24.5 Å². The SMILES string of the molecule is CCn1cc(C(=O)O)c(=O)c2cc(F)c(N3CCNC(c4cn(S(=O)(=O)c5ccccc5)c5ccccc45)C3)cc21. The normalized spacial score (nSPS) is 16.0. The number of aromatic carboxylic acids is 1. The summed E-state index contributed by atoms with van der Waals surface area (Å²) >= 11 is 0. The van der Waals surface area contributed by atoms with Crippen LogP contribution in [0.25, 0.3) is 21.8 Å². The highest BCUT2D eigenvalue weighted by Crippen LogP contribution is 2.33. The third-order valence-corrected chi connectivity index (χ3v) is 9.31. The Bertz CT molecular complexity index is 1990. The Morgan fingerprint density at radius 3 is 2.49 bits per heavy atom. The predicted octanol–water partition coefficient (Wildman–Crippen LogP) is 4.20. The molecule has 0 aliphatic carbocycles. The van der Waals surface area contributed by atoms with Crippen molar-refractivity contribution in [1.29, 1.82) is 0 Å². The molecular weight excluding hydrogens is 547 g/mol. The largest absolute Gasteiger partial charge is 0.477 e. The van der Waals surface area contributed by atoms with Gasteiger partial charge in [-0.1, -0.05) is 36.4 Å². The standard InChI is InChI=1S/C30H27FN4O5S/c1-2-33-16-23(30(37)38)29(36)21-14-24(31)28(15-27(21)33)34-13-12-32-25(18-34)22-17-35(26-11-7-6-10-20(22)26)41(39,40)19-8-4-3-5-9-19/h3-11,14-17,25,32H,2,12-13,18H2,1H3,(H,37,38). The lowest BCUT2D eigenvalue weighted by Gasteiger charge is -2.35. The highest BCUT2D eigenvalue weighted by Gasteiger charge is 2.29. The zero-order valence-corrected chi connectivity index (χ0v) is 22.9. The second kappa shape index (κ2) is 10.2. The van der Waals surface area contributed by atoms with Crippen LogP contribution in [0.3, 0.4) is 0 Å². The summed E-state index contributed by atoms with van der Waals surface area (Å²) < 4.78 is 45.6. The van der Waals surface area contributed by atoms with Crippen molar-refractivity contribution in [3.63, 3.8) is 0 Å². The van der Waals surface area contributed by atoms with Crippen molar-refractivity contribution in [1.82, 2.24) is 13.9 Å². The Labute approximate surface area is 235 Å². The maximum Gasteiger partial charge on any atom is 0.341 e. The molecule has 1 atom stereocenters. The van der Waals surface area contributed by atoms with E-state index in [1.165, 1.54) is 10.2 Å². The molecule has 2 aromatic heterocycles. The van der Waals surface area contributed by atoms with Crippen LogP contribution in [0.4, 0.5) is 10.1 Å². The molecule has 0 spiro atoms. The zero-order valence-electron chi connectivity index (χ0n) is 22.1.